The summed E-state index contributed by atoms with van der Waals surface area (Å²) in [5.74, 6) is 0.761. The van der Waals surface area contributed by atoms with Crippen LogP contribution >= 0.6 is 0 Å². The summed E-state index contributed by atoms with van der Waals surface area (Å²) >= 11 is 0. The van der Waals surface area contributed by atoms with E-state index in [4.69, 9.17) is 4.74 Å². The van der Waals surface area contributed by atoms with Gasteiger partial charge in [-0.05, 0) is 19.3 Å². The molecule has 2 nitrogen and oxygen atoms in total. The Balaban J connectivity index is 2.29. The molecule has 0 radical (unpaired) electrons. The minimum Gasteiger partial charge on any atom is -0.376 e. The van der Waals surface area contributed by atoms with Crippen LogP contribution in [0.5, 0.6) is 0 Å². The minimum absolute atomic E-state index is 0.395. The molecule has 1 fully saturated rings. The second-order valence-electron chi connectivity index (χ2n) is 3.77. The Morgan fingerprint density at radius 1 is 1.55 bits per heavy atom. The number of hydrogen-bond donors (Lipinski definition) is 1. The van der Waals surface area contributed by atoms with E-state index >= 15 is 0 Å². The van der Waals surface area contributed by atoms with Crippen molar-refractivity contribution >= 4 is 0 Å². The Kier molecular flexibility index (Phi) is 3.34. The summed E-state index contributed by atoms with van der Waals surface area (Å²) in [6, 6.07) is 0.573. The zero-order chi connectivity index (χ0) is 8.27. The zero-order valence-electron chi connectivity index (χ0n) is 7.76. The van der Waals surface area contributed by atoms with Crippen LogP contribution in [-0.4, -0.2) is 25.3 Å². The third-order valence-electron chi connectivity index (χ3n) is 2.18. The SMILES string of the molecule is CC(C)C[C@@H]1NCCO[C@H]1C. The van der Waals surface area contributed by atoms with Crippen molar-refractivity contribution in [2.24, 2.45) is 5.92 Å². The third-order valence-corrected chi connectivity index (χ3v) is 2.18. The van der Waals surface area contributed by atoms with Crippen LogP contribution in [0.3, 0.4) is 0 Å². The molecule has 1 rings (SSSR count). The molecule has 0 spiro atoms. The Labute approximate surface area is 69.3 Å². The van der Waals surface area contributed by atoms with Crippen molar-refractivity contribution in [3.8, 4) is 0 Å². The van der Waals surface area contributed by atoms with E-state index in [9.17, 15) is 0 Å². The van der Waals surface area contributed by atoms with E-state index < -0.39 is 0 Å². The predicted octanol–water partition coefficient (Wildman–Crippen LogP) is 1.41. The van der Waals surface area contributed by atoms with Gasteiger partial charge in [0.05, 0.1) is 12.7 Å². The Hall–Kier alpha value is -0.0800. The highest BCUT2D eigenvalue weighted by atomic mass is 16.5. The van der Waals surface area contributed by atoms with Crippen LogP contribution in [0, 0.1) is 5.92 Å². The first-order chi connectivity index (χ1) is 5.20. The van der Waals surface area contributed by atoms with Crippen LogP contribution in [0.25, 0.3) is 0 Å². The maximum atomic E-state index is 5.53. The van der Waals surface area contributed by atoms with Crippen LogP contribution in [0.4, 0.5) is 0 Å². The molecule has 11 heavy (non-hydrogen) atoms. The van der Waals surface area contributed by atoms with Gasteiger partial charge in [0.25, 0.3) is 0 Å². The smallest absolute Gasteiger partial charge is 0.0700 e. The van der Waals surface area contributed by atoms with Gasteiger partial charge in [-0.25, -0.2) is 0 Å². The quantitative estimate of drug-likeness (QED) is 0.654. The van der Waals surface area contributed by atoms with Gasteiger partial charge in [0.1, 0.15) is 0 Å². The van der Waals surface area contributed by atoms with E-state index in [2.05, 4.69) is 26.1 Å². The lowest BCUT2D eigenvalue weighted by molar-refractivity contribution is 0.00267. The lowest BCUT2D eigenvalue weighted by Crippen LogP contribution is -2.47. The van der Waals surface area contributed by atoms with Crippen LogP contribution in [0.15, 0.2) is 0 Å². The molecule has 1 N–H and O–H groups in total. The highest BCUT2D eigenvalue weighted by Gasteiger charge is 2.21. The topological polar surface area (TPSA) is 21.3 Å². The number of morpholine rings is 1. The molecule has 1 saturated heterocycles. The average molecular weight is 157 g/mol. The van der Waals surface area contributed by atoms with Gasteiger partial charge in [-0.2, -0.15) is 0 Å². The van der Waals surface area contributed by atoms with Gasteiger partial charge in [0.15, 0.2) is 0 Å². The van der Waals surface area contributed by atoms with Crippen LogP contribution < -0.4 is 5.32 Å². The molecule has 2 heteroatoms. The molecule has 0 unspecified atom stereocenters. The Morgan fingerprint density at radius 3 is 2.82 bits per heavy atom. The van der Waals surface area contributed by atoms with Crippen molar-refractivity contribution in [2.75, 3.05) is 13.2 Å². The summed E-state index contributed by atoms with van der Waals surface area (Å²) in [6.07, 6.45) is 1.62. The summed E-state index contributed by atoms with van der Waals surface area (Å²) < 4.78 is 5.53. The third kappa shape index (κ3) is 2.80. The number of rotatable bonds is 2. The van der Waals surface area contributed by atoms with E-state index in [0.717, 1.165) is 19.1 Å². The lowest BCUT2D eigenvalue weighted by atomic mass is 9.99. The summed E-state index contributed by atoms with van der Waals surface area (Å²) in [4.78, 5) is 0. The van der Waals surface area contributed by atoms with Crippen molar-refractivity contribution in [1.82, 2.24) is 5.32 Å². The van der Waals surface area contributed by atoms with E-state index in [0.29, 0.717) is 12.1 Å². The molecule has 1 heterocycles. The van der Waals surface area contributed by atoms with Crippen molar-refractivity contribution < 1.29 is 4.74 Å². The maximum Gasteiger partial charge on any atom is 0.0700 e. The van der Waals surface area contributed by atoms with E-state index in [1.807, 2.05) is 0 Å². The lowest BCUT2D eigenvalue weighted by Gasteiger charge is -2.31. The number of ether oxygens (including phenoxy) is 1. The standard InChI is InChI=1S/C9H19NO/c1-7(2)6-9-8(3)11-5-4-10-9/h7-10H,4-6H2,1-3H3/t8-,9-/m0/s1. The molecule has 66 valence electrons. The molecular formula is C9H19NO. The minimum atomic E-state index is 0.395. The van der Waals surface area contributed by atoms with Crippen molar-refractivity contribution in [2.45, 2.75) is 39.3 Å². The highest BCUT2D eigenvalue weighted by Crippen LogP contribution is 2.12. The van der Waals surface area contributed by atoms with Gasteiger partial charge in [0.2, 0.25) is 0 Å². The number of nitrogens with one attached hydrogen (secondary N) is 1. The fraction of sp³-hybridized carbons (Fsp3) is 1.00. The predicted molar refractivity (Wildman–Crippen MR) is 46.7 cm³/mol. The van der Waals surface area contributed by atoms with E-state index in [-0.39, 0.29) is 0 Å². The second kappa shape index (κ2) is 4.07. The molecule has 0 saturated carbocycles. The highest BCUT2D eigenvalue weighted by molar-refractivity contribution is 4.78. The van der Waals surface area contributed by atoms with E-state index in [1.165, 1.54) is 6.42 Å². The molecule has 0 aromatic carbocycles. The Bertz CT molecular complexity index is 114. The first-order valence-corrected chi connectivity index (χ1v) is 4.55. The van der Waals surface area contributed by atoms with Crippen molar-refractivity contribution in [3.05, 3.63) is 0 Å². The normalized spacial score (nSPS) is 32.7. The Morgan fingerprint density at radius 2 is 2.27 bits per heavy atom. The summed E-state index contributed by atoms with van der Waals surface area (Å²) in [5, 5.41) is 3.48. The van der Waals surface area contributed by atoms with Crippen molar-refractivity contribution in [3.63, 3.8) is 0 Å². The molecular weight excluding hydrogens is 138 g/mol. The van der Waals surface area contributed by atoms with Crippen molar-refractivity contribution in [1.29, 1.82) is 0 Å². The van der Waals surface area contributed by atoms with Gasteiger partial charge in [-0.15, -0.1) is 0 Å². The van der Waals surface area contributed by atoms with Gasteiger partial charge in [-0.3, -0.25) is 0 Å². The van der Waals surface area contributed by atoms with Crippen LogP contribution in [0.1, 0.15) is 27.2 Å². The van der Waals surface area contributed by atoms with E-state index in [1.54, 1.807) is 0 Å². The van der Waals surface area contributed by atoms with Crippen LogP contribution in [-0.2, 0) is 4.74 Å². The zero-order valence-corrected chi connectivity index (χ0v) is 7.76. The summed E-state index contributed by atoms with van der Waals surface area (Å²) in [5.41, 5.74) is 0. The molecule has 1 aliphatic heterocycles. The second-order valence-corrected chi connectivity index (χ2v) is 3.77. The first-order valence-electron chi connectivity index (χ1n) is 4.55. The van der Waals surface area contributed by atoms with Gasteiger partial charge < -0.3 is 10.1 Å². The summed E-state index contributed by atoms with van der Waals surface area (Å²) in [7, 11) is 0. The molecule has 2 atom stereocenters. The molecule has 1 aliphatic rings. The molecule has 0 aromatic heterocycles. The molecule has 0 bridgehead atoms. The van der Waals surface area contributed by atoms with Crippen LogP contribution in [0.2, 0.25) is 0 Å². The van der Waals surface area contributed by atoms with Gasteiger partial charge in [-0.1, -0.05) is 13.8 Å². The maximum absolute atomic E-state index is 5.53. The average Bonchev–Trinajstić information content (AvgIpc) is 1.93. The fourth-order valence-electron chi connectivity index (χ4n) is 1.55. The van der Waals surface area contributed by atoms with Gasteiger partial charge in [0, 0.05) is 12.6 Å². The molecule has 0 aliphatic carbocycles. The summed E-state index contributed by atoms with van der Waals surface area (Å²) in [6.45, 7) is 8.54. The monoisotopic (exact) mass is 157 g/mol. The first kappa shape index (κ1) is 9.01. The largest absolute Gasteiger partial charge is 0.376 e. The number of hydrogen-bond acceptors (Lipinski definition) is 2. The molecule has 0 amide bonds. The molecule has 0 aromatic rings. The van der Waals surface area contributed by atoms with Gasteiger partial charge >= 0.3 is 0 Å². The fourth-order valence-corrected chi connectivity index (χ4v) is 1.55.